The minimum atomic E-state index is -0.581. The lowest BCUT2D eigenvalue weighted by Crippen LogP contribution is -2.05. The van der Waals surface area contributed by atoms with Gasteiger partial charge in [0.1, 0.15) is 0 Å². The van der Waals surface area contributed by atoms with Crippen molar-refractivity contribution in [3.05, 3.63) is 29.7 Å². The van der Waals surface area contributed by atoms with E-state index < -0.39 is 5.97 Å². The second kappa shape index (κ2) is 6.52. The van der Waals surface area contributed by atoms with Crippen molar-refractivity contribution in [1.82, 2.24) is 20.0 Å². The van der Waals surface area contributed by atoms with E-state index in [1.54, 1.807) is 18.3 Å². The first-order valence-corrected chi connectivity index (χ1v) is 6.24. The van der Waals surface area contributed by atoms with Gasteiger partial charge >= 0.3 is 5.97 Å². The quantitative estimate of drug-likeness (QED) is 0.623. The molecule has 2 aromatic heterocycles. The number of pyridine rings is 1. The van der Waals surface area contributed by atoms with Gasteiger partial charge < -0.3 is 9.47 Å². The minimum absolute atomic E-state index is 0.0780. The van der Waals surface area contributed by atoms with Crippen molar-refractivity contribution in [1.29, 1.82) is 0 Å². The molecule has 2 heterocycles. The highest BCUT2D eigenvalue weighted by Gasteiger charge is 2.18. The maximum Gasteiger partial charge on any atom is 0.361 e. The van der Waals surface area contributed by atoms with Crippen molar-refractivity contribution in [2.24, 2.45) is 0 Å². The molecule has 0 aliphatic rings. The topological polar surface area (TPSA) is 79.1 Å². The fourth-order valence-electron chi connectivity index (χ4n) is 1.55. The summed E-state index contributed by atoms with van der Waals surface area (Å²) in [7, 11) is 2.80. The molecular weight excluding hydrogens is 272 g/mol. The number of hydrogen-bond donors (Lipinski definition) is 0. The van der Waals surface area contributed by atoms with Gasteiger partial charge in [0, 0.05) is 18.7 Å². The van der Waals surface area contributed by atoms with Crippen molar-refractivity contribution in [2.45, 2.75) is 13.3 Å². The van der Waals surface area contributed by atoms with Gasteiger partial charge in [0.15, 0.2) is 5.69 Å². The van der Waals surface area contributed by atoms with Crippen LogP contribution in [0.2, 0.25) is 0 Å². The van der Waals surface area contributed by atoms with Crippen LogP contribution in [0.1, 0.15) is 29.5 Å². The van der Waals surface area contributed by atoms with E-state index in [0.717, 1.165) is 0 Å². The number of esters is 1. The summed E-state index contributed by atoms with van der Waals surface area (Å²) >= 11 is 0. The Labute approximate surface area is 121 Å². The molecule has 108 valence electrons. The van der Waals surface area contributed by atoms with E-state index in [0.29, 0.717) is 18.0 Å². The number of ether oxygens (including phenoxy) is 2. The summed E-state index contributed by atoms with van der Waals surface area (Å²) in [5, 5.41) is 8.33. The lowest BCUT2D eigenvalue weighted by Gasteiger charge is -2.01. The van der Waals surface area contributed by atoms with Crippen LogP contribution in [-0.2, 0) is 4.74 Å². The van der Waals surface area contributed by atoms with Gasteiger partial charge in [0.25, 0.3) is 0 Å². The van der Waals surface area contributed by atoms with E-state index in [1.807, 2.05) is 6.92 Å². The highest BCUT2D eigenvalue weighted by molar-refractivity contribution is 5.89. The summed E-state index contributed by atoms with van der Waals surface area (Å²) in [5.41, 5.74) is 0.963. The molecular formula is C14H14N4O3. The molecule has 0 unspecified atom stereocenters. The zero-order chi connectivity index (χ0) is 15.2. The molecule has 0 aliphatic heterocycles. The summed E-state index contributed by atoms with van der Waals surface area (Å²) in [6.07, 6.45) is 2.21. The predicted octanol–water partition coefficient (Wildman–Crippen LogP) is 1.22. The van der Waals surface area contributed by atoms with Crippen LogP contribution in [0.15, 0.2) is 18.3 Å². The van der Waals surface area contributed by atoms with Crippen LogP contribution in [0, 0.1) is 11.8 Å². The van der Waals surface area contributed by atoms with E-state index >= 15 is 0 Å². The molecule has 0 N–H and O–H groups in total. The maximum atomic E-state index is 11.7. The third kappa shape index (κ3) is 3.17. The minimum Gasteiger partial charge on any atom is -0.481 e. The van der Waals surface area contributed by atoms with Gasteiger partial charge in [-0.05, 0) is 12.0 Å². The standard InChI is InChI=1S/C14H14N4O3/c1-4-5-6-11-13(14(19)21-3)17-18(16-11)10-7-8-15-12(9-10)20-2/h7-9H,4H2,1-3H3. The van der Waals surface area contributed by atoms with E-state index in [-0.39, 0.29) is 11.4 Å². The molecule has 0 atom stereocenters. The van der Waals surface area contributed by atoms with E-state index in [9.17, 15) is 4.79 Å². The smallest absolute Gasteiger partial charge is 0.361 e. The van der Waals surface area contributed by atoms with E-state index in [2.05, 4.69) is 27.0 Å². The molecule has 0 amide bonds. The van der Waals surface area contributed by atoms with Crippen LogP contribution in [0.5, 0.6) is 5.88 Å². The second-order valence-electron chi connectivity index (χ2n) is 3.89. The van der Waals surface area contributed by atoms with Gasteiger partial charge in [-0.3, -0.25) is 0 Å². The second-order valence-corrected chi connectivity index (χ2v) is 3.89. The zero-order valence-corrected chi connectivity index (χ0v) is 12.0. The zero-order valence-electron chi connectivity index (χ0n) is 12.0. The number of carbonyl (C=O) groups is 1. The number of nitrogens with zero attached hydrogens (tertiary/aromatic N) is 4. The molecule has 0 bridgehead atoms. The Morgan fingerprint density at radius 2 is 2.19 bits per heavy atom. The molecule has 7 heteroatoms. The molecule has 0 radical (unpaired) electrons. The van der Waals surface area contributed by atoms with Crippen molar-refractivity contribution >= 4 is 5.97 Å². The number of methoxy groups -OCH3 is 2. The molecule has 0 saturated carbocycles. The summed E-state index contributed by atoms with van der Waals surface area (Å²) in [6.45, 7) is 1.91. The largest absolute Gasteiger partial charge is 0.481 e. The van der Waals surface area contributed by atoms with Crippen molar-refractivity contribution < 1.29 is 14.3 Å². The first-order valence-electron chi connectivity index (χ1n) is 6.24. The van der Waals surface area contributed by atoms with Gasteiger partial charge in [-0.15, -0.1) is 15.0 Å². The highest BCUT2D eigenvalue weighted by Crippen LogP contribution is 2.13. The summed E-state index contributed by atoms with van der Waals surface area (Å²) in [5.74, 6) is 5.51. The van der Waals surface area contributed by atoms with Crippen LogP contribution in [-0.4, -0.2) is 40.2 Å². The fourth-order valence-corrected chi connectivity index (χ4v) is 1.55. The molecule has 0 aromatic carbocycles. The van der Waals surface area contributed by atoms with Crippen LogP contribution in [0.3, 0.4) is 0 Å². The summed E-state index contributed by atoms with van der Waals surface area (Å²) in [6, 6.07) is 3.35. The molecule has 7 nitrogen and oxygen atoms in total. The van der Waals surface area contributed by atoms with Gasteiger partial charge in [0.2, 0.25) is 11.6 Å². The van der Waals surface area contributed by atoms with Crippen LogP contribution >= 0.6 is 0 Å². The normalized spacial score (nSPS) is 9.67. The van der Waals surface area contributed by atoms with Gasteiger partial charge in [0.05, 0.1) is 19.9 Å². The van der Waals surface area contributed by atoms with E-state index in [4.69, 9.17) is 9.47 Å². The average Bonchev–Trinajstić information content (AvgIpc) is 2.96. The Morgan fingerprint density at radius 3 is 2.86 bits per heavy atom. The van der Waals surface area contributed by atoms with Gasteiger partial charge in [-0.2, -0.15) is 0 Å². The Kier molecular flexibility index (Phi) is 4.51. The lowest BCUT2D eigenvalue weighted by molar-refractivity contribution is 0.0593. The van der Waals surface area contributed by atoms with Crippen molar-refractivity contribution in [3.8, 4) is 23.4 Å². The highest BCUT2D eigenvalue weighted by atomic mass is 16.5. The molecule has 21 heavy (non-hydrogen) atoms. The Bertz CT molecular complexity index is 712. The van der Waals surface area contributed by atoms with Crippen LogP contribution < -0.4 is 4.74 Å². The summed E-state index contributed by atoms with van der Waals surface area (Å²) in [4.78, 5) is 17.0. The van der Waals surface area contributed by atoms with Crippen molar-refractivity contribution in [3.63, 3.8) is 0 Å². The van der Waals surface area contributed by atoms with Crippen LogP contribution in [0.4, 0.5) is 0 Å². The Hall–Kier alpha value is -2.88. The van der Waals surface area contributed by atoms with Crippen LogP contribution in [0.25, 0.3) is 5.69 Å². The molecule has 2 aromatic rings. The molecule has 0 saturated heterocycles. The Balaban J connectivity index is 2.49. The average molecular weight is 286 g/mol. The van der Waals surface area contributed by atoms with Gasteiger partial charge in [-0.1, -0.05) is 12.8 Å². The monoisotopic (exact) mass is 286 g/mol. The molecule has 0 spiro atoms. The predicted molar refractivity (Wildman–Crippen MR) is 74.2 cm³/mol. The molecule has 0 fully saturated rings. The first kappa shape index (κ1) is 14.5. The maximum absolute atomic E-state index is 11.7. The number of rotatable bonds is 3. The fraction of sp³-hybridized carbons (Fsp3) is 0.286. The number of carbonyl (C=O) groups excluding carboxylic acids is 1. The summed E-state index contributed by atoms with van der Waals surface area (Å²) < 4.78 is 9.74. The van der Waals surface area contributed by atoms with Crippen molar-refractivity contribution in [2.75, 3.05) is 14.2 Å². The number of aromatic nitrogens is 4. The van der Waals surface area contributed by atoms with E-state index in [1.165, 1.54) is 19.0 Å². The third-order valence-corrected chi connectivity index (χ3v) is 2.53. The number of hydrogen-bond acceptors (Lipinski definition) is 6. The Morgan fingerprint density at radius 1 is 1.38 bits per heavy atom. The first-order chi connectivity index (χ1) is 10.2. The lowest BCUT2D eigenvalue weighted by atomic mass is 10.3. The third-order valence-electron chi connectivity index (χ3n) is 2.53. The SMILES string of the molecule is CCC#Cc1nn(-c2ccnc(OC)c2)nc1C(=O)OC. The van der Waals surface area contributed by atoms with Gasteiger partial charge in [-0.25, -0.2) is 9.78 Å². The molecule has 2 rings (SSSR count). The molecule has 0 aliphatic carbocycles.